The first-order valence-electron chi connectivity index (χ1n) is 10.5. The lowest BCUT2D eigenvalue weighted by Gasteiger charge is -2.57. The predicted molar refractivity (Wildman–Crippen MR) is 119 cm³/mol. The van der Waals surface area contributed by atoms with Crippen molar-refractivity contribution >= 4 is 34.8 Å². The third-order valence-corrected chi connectivity index (χ3v) is 8.04. The molecule has 3 saturated carbocycles. The fourth-order valence-electron chi connectivity index (χ4n) is 4.97. The number of thiophene rings is 1. The van der Waals surface area contributed by atoms with Gasteiger partial charge in [0.2, 0.25) is 0 Å². The fourth-order valence-corrected chi connectivity index (χ4v) is 5.85. The summed E-state index contributed by atoms with van der Waals surface area (Å²) in [4.78, 5) is 27.2. The summed E-state index contributed by atoms with van der Waals surface area (Å²) in [6.45, 7) is 3.94. The Morgan fingerprint density at radius 2 is 1.94 bits per heavy atom. The van der Waals surface area contributed by atoms with Crippen molar-refractivity contribution in [2.45, 2.75) is 57.0 Å². The molecule has 1 aromatic carbocycles. The van der Waals surface area contributed by atoms with Gasteiger partial charge in [-0.25, -0.2) is 4.39 Å². The van der Waals surface area contributed by atoms with Crippen LogP contribution in [0, 0.1) is 18.7 Å². The van der Waals surface area contributed by atoms with E-state index in [1.165, 1.54) is 29.5 Å². The van der Waals surface area contributed by atoms with Gasteiger partial charge in [0.05, 0.1) is 9.90 Å². The number of aryl methyl sites for hydroxylation is 1. The van der Waals surface area contributed by atoms with Crippen molar-refractivity contribution < 1.29 is 18.7 Å². The van der Waals surface area contributed by atoms with E-state index < -0.39 is 5.82 Å². The lowest BCUT2D eigenvalue weighted by molar-refractivity contribution is -0.128. The van der Waals surface area contributed by atoms with Crippen molar-refractivity contribution in [3.8, 4) is 5.75 Å². The van der Waals surface area contributed by atoms with Crippen LogP contribution in [0.5, 0.6) is 5.75 Å². The lowest BCUT2D eigenvalue weighted by atomic mass is 9.56. The second-order valence-electron chi connectivity index (χ2n) is 8.82. The van der Waals surface area contributed by atoms with Crippen molar-refractivity contribution in [3.05, 3.63) is 50.9 Å². The Morgan fingerprint density at radius 1 is 1.19 bits per heavy atom. The van der Waals surface area contributed by atoms with E-state index in [4.69, 9.17) is 16.3 Å². The van der Waals surface area contributed by atoms with Crippen molar-refractivity contribution in [3.63, 3.8) is 0 Å². The van der Waals surface area contributed by atoms with E-state index in [1.54, 1.807) is 0 Å². The van der Waals surface area contributed by atoms with Gasteiger partial charge in [-0.05, 0) is 69.2 Å². The lowest BCUT2D eigenvalue weighted by Crippen LogP contribution is -2.67. The zero-order chi connectivity index (χ0) is 22.2. The smallest absolute Gasteiger partial charge is 0.261 e. The van der Waals surface area contributed by atoms with Gasteiger partial charge in [-0.2, -0.15) is 0 Å². The van der Waals surface area contributed by atoms with E-state index in [-0.39, 0.29) is 46.2 Å². The minimum Gasteiger partial charge on any atom is -0.484 e. The second kappa shape index (κ2) is 8.43. The maximum atomic E-state index is 13.5. The van der Waals surface area contributed by atoms with E-state index in [0.717, 1.165) is 41.9 Å². The van der Waals surface area contributed by atoms with Gasteiger partial charge >= 0.3 is 0 Å². The topological polar surface area (TPSA) is 67.4 Å². The van der Waals surface area contributed by atoms with Crippen LogP contribution in [0.2, 0.25) is 5.02 Å². The molecule has 1 heterocycles. The Bertz CT molecular complexity index is 1000. The number of hydrogen-bond acceptors (Lipinski definition) is 4. The molecule has 0 aliphatic heterocycles. The van der Waals surface area contributed by atoms with E-state index in [0.29, 0.717) is 0 Å². The van der Waals surface area contributed by atoms with Crippen LogP contribution in [0.1, 0.15) is 53.6 Å². The largest absolute Gasteiger partial charge is 0.484 e. The zero-order valence-corrected chi connectivity index (χ0v) is 19.2. The molecule has 5 rings (SSSR count). The number of fused-ring (bicyclic) bond motifs is 3. The summed E-state index contributed by atoms with van der Waals surface area (Å²) in [5.74, 6) is -0.331. The molecule has 5 nitrogen and oxygen atoms in total. The maximum Gasteiger partial charge on any atom is 0.261 e. The molecule has 31 heavy (non-hydrogen) atoms. The van der Waals surface area contributed by atoms with E-state index in [9.17, 15) is 14.0 Å². The number of carbonyl (C=O) groups excluding carboxylic acids is 2. The molecule has 2 amide bonds. The molecule has 0 radical (unpaired) electrons. The van der Waals surface area contributed by atoms with Gasteiger partial charge in [0, 0.05) is 22.0 Å². The predicted octanol–water partition coefficient (Wildman–Crippen LogP) is 4.87. The molecule has 0 spiro atoms. The molecule has 3 fully saturated rings. The minimum atomic E-state index is -0.581. The Hall–Kier alpha value is -2.12. The highest BCUT2D eigenvalue weighted by Crippen LogP contribution is 2.50. The summed E-state index contributed by atoms with van der Waals surface area (Å²) in [7, 11) is 0. The standard InChI is InChI=1S/C23H26ClFN2O3S/c1-14-12-22(27-21(29)19-6-3-15(2)31-19)7-9-23(14,10-8-22)26-20(28)13-30-16-4-5-17(24)18(25)11-16/h3-6,11,14H,7-10,12-13H2,1-2H3,(H,26,28)(H,27,29). The third-order valence-electron chi connectivity index (χ3n) is 6.73. The Labute approximate surface area is 190 Å². The second-order valence-corrected chi connectivity index (χ2v) is 10.5. The first kappa shape index (κ1) is 22.1. The Kier molecular flexibility index (Phi) is 6.01. The van der Waals surface area contributed by atoms with E-state index in [1.807, 2.05) is 19.1 Å². The molecule has 1 unspecified atom stereocenters. The van der Waals surface area contributed by atoms with Gasteiger partial charge in [0.15, 0.2) is 6.61 Å². The van der Waals surface area contributed by atoms with Gasteiger partial charge in [0.25, 0.3) is 11.8 Å². The molecule has 0 saturated heterocycles. The molecule has 8 heteroatoms. The summed E-state index contributed by atoms with van der Waals surface area (Å²) in [5, 5.41) is 6.48. The van der Waals surface area contributed by atoms with Crippen LogP contribution in [0.15, 0.2) is 30.3 Å². The Balaban J connectivity index is 1.34. The maximum absolute atomic E-state index is 13.5. The number of rotatable bonds is 6. The number of halogens is 2. The van der Waals surface area contributed by atoms with Crippen molar-refractivity contribution in [1.29, 1.82) is 0 Å². The molecule has 3 aliphatic carbocycles. The SMILES string of the molecule is Cc1ccc(C(=O)NC23CCC(NC(=O)COc4ccc(Cl)c(F)c4)(CC2)C(C)C3)s1. The molecule has 166 valence electrons. The van der Waals surface area contributed by atoms with Gasteiger partial charge in [0.1, 0.15) is 11.6 Å². The van der Waals surface area contributed by atoms with Crippen molar-refractivity contribution in [2.24, 2.45) is 5.92 Å². The quantitative estimate of drug-likeness (QED) is 0.641. The Morgan fingerprint density at radius 3 is 2.55 bits per heavy atom. The highest BCUT2D eigenvalue weighted by Gasteiger charge is 2.54. The van der Waals surface area contributed by atoms with Crippen molar-refractivity contribution in [1.82, 2.24) is 10.6 Å². The summed E-state index contributed by atoms with van der Waals surface area (Å²) < 4.78 is 19.0. The monoisotopic (exact) mass is 464 g/mol. The third kappa shape index (κ3) is 4.58. The van der Waals surface area contributed by atoms with Crippen molar-refractivity contribution in [2.75, 3.05) is 6.61 Å². The number of benzene rings is 1. The fraction of sp³-hybridized carbons (Fsp3) is 0.478. The molecule has 1 aromatic heterocycles. The molecule has 2 aromatic rings. The number of carbonyl (C=O) groups is 2. The highest BCUT2D eigenvalue weighted by atomic mass is 35.5. The molecule has 3 aliphatic rings. The molecule has 1 atom stereocenters. The normalized spacial score (nSPS) is 27.0. The summed E-state index contributed by atoms with van der Waals surface area (Å²) in [6, 6.07) is 7.94. The number of amides is 2. The number of nitrogens with one attached hydrogen (secondary N) is 2. The number of hydrogen-bond donors (Lipinski definition) is 2. The molecule has 2 N–H and O–H groups in total. The highest BCUT2D eigenvalue weighted by molar-refractivity contribution is 7.13. The first-order valence-corrected chi connectivity index (χ1v) is 11.7. The zero-order valence-electron chi connectivity index (χ0n) is 17.6. The van der Waals surface area contributed by atoms with Gasteiger partial charge in [-0.1, -0.05) is 18.5 Å². The van der Waals surface area contributed by atoms with Crippen LogP contribution in [-0.2, 0) is 4.79 Å². The summed E-state index contributed by atoms with van der Waals surface area (Å²) in [5.41, 5.74) is -0.504. The van der Waals surface area contributed by atoms with Gasteiger partial charge < -0.3 is 15.4 Å². The average Bonchev–Trinajstić information content (AvgIpc) is 3.17. The number of ether oxygens (including phenoxy) is 1. The van der Waals surface area contributed by atoms with Gasteiger partial charge in [-0.15, -0.1) is 11.3 Å². The van der Waals surface area contributed by atoms with Crippen LogP contribution in [0.3, 0.4) is 0 Å². The van der Waals surface area contributed by atoms with Crippen LogP contribution in [0.4, 0.5) is 4.39 Å². The van der Waals surface area contributed by atoms with Crippen LogP contribution < -0.4 is 15.4 Å². The van der Waals surface area contributed by atoms with E-state index in [2.05, 4.69) is 17.6 Å². The summed E-state index contributed by atoms with van der Waals surface area (Å²) >= 11 is 7.18. The molecular formula is C23H26ClFN2O3S. The molecule has 2 bridgehead atoms. The van der Waals surface area contributed by atoms with Gasteiger partial charge in [-0.3, -0.25) is 9.59 Å². The van der Waals surface area contributed by atoms with Crippen LogP contribution >= 0.6 is 22.9 Å². The average molecular weight is 465 g/mol. The van der Waals surface area contributed by atoms with Crippen LogP contribution in [0.25, 0.3) is 0 Å². The molecular weight excluding hydrogens is 439 g/mol. The first-order chi connectivity index (χ1) is 14.7. The summed E-state index contributed by atoms with van der Waals surface area (Å²) in [6.07, 6.45) is 4.10. The van der Waals surface area contributed by atoms with E-state index >= 15 is 0 Å². The minimum absolute atomic E-state index is 0.00710. The van der Waals surface area contributed by atoms with Crippen LogP contribution in [-0.4, -0.2) is 29.5 Å².